The minimum absolute atomic E-state index is 0.314. The predicted molar refractivity (Wildman–Crippen MR) is 113 cm³/mol. The molecule has 0 aliphatic carbocycles. The zero-order chi connectivity index (χ0) is 20.8. The molecule has 8 heteroatoms. The second kappa shape index (κ2) is 9.20. The smallest absolute Gasteiger partial charge is 0.283 e. The van der Waals surface area contributed by atoms with Crippen molar-refractivity contribution in [2.24, 2.45) is 5.10 Å². The highest BCUT2D eigenvalue weighted by atomic mass is 32.1. The second-order valence-electron chi connectivity index (χ2n) is 5.96. The lowest BCUT2D eigenvalue weighted by molar-refractivity contribution is 0.0958. The van der Waals surface area contributed by atoms with Crippen molar-refractivity contribution in [2.75, 3.05) is 21.3 Å². The van der Waals surface area contributed by atoms with E-state index in [9.17, 15) is 4.79 Å². The van der Waals surface area contributed by atoms with Gasteiger partial charge in [-0.05, 0) is 19.1 Å². The average Bonchev–Trinajstić information content (AvgIpc) is 3.15. The van der Waals surface area contributed by atoms with Crippen LogP contribution in [0.2, 0.25) is 0 Å². The molecule has 0 radical (unpaired) electrons. The van der Waals surface area contributed by atoms with Gasteiger partial charge >= 0.3 is 0 Å². The fourth-order valence-corrected chi connectivity index (χ4v) is 3.66. The van der Waals surface area contributed by atoms with Gasteiger partial charge in [-0.3, -0.25) is 4.79 Å². The molecule has 0 aliphatic heterocycles. The van der Waals surface area contributed by atoms with Gasteiger partial charge < -0.3 is 14.2 Å². The molecular formula is C21H21N3O4S. The third-order valence-corrected chi connectivity index (χ3v) is 5.30. The monoisotopic (exact) mass is 411 g/mol. The normalized spacial score (nSPS) is 10.8. The van der Waals surface area contributed by atoms with Gasteiger partial charge in [0.25, 0.3) is 5.91 Å². The number of aryl methyl sites for hydroxylation is 1. The Morgan fingerprint density at radius 3 is 2.31 bits per heavy atom. The van der Waals surface area contributed by atoms with E-state index in [-0.39, 0.29) is 5.91 Å². The first-order valence-corrected chi connectivity index (χ1v) is 9.55. The minimum atomic E-state index is -0.314. The van der Waals surface area contributed by atoms with E-state index in [1.54, 1.807) is 19.1 Å². The fraction of sp³-hybridized carbons (Fsp3) is 0.190. The predicted octanol–water partition coefficient (Wildman–Crippen LogP) is 3.91. The zero-order valence-electron chi connectivity index (χ0n) is 16.6. The van der Waals surface area contributed by atoms with Crippen molar-refractivity contribution in [1.82, 2.24) is 10.4 Å². The Balaban J connectivity index is 1.76. The maximum atomic E-state index is 12.5. The third-order valence-electron chi connectivity index (χ3n) is 4.09. The van der Waals surface area contributed by atoms with E-state index in [1.807, 2.05) is 30.3 Å². The second-order valence-corrected chi connectivity index (χ2v) is 6.96. The molecule has 0 saturated heterocycles. The molecule has 2 aromatic carbocycles. The molecule has 0 spiro atoms. The molecule has 150 valence electrons. The minimum Gasteiger partial charge on any atom is -0.493 e. The molecule has 0 unspecified atom stereocenters. The number of amides is 1. The Morgan fingerprint density at radius 1 is 1.07 bits per heavy atom. The van der Waals surface area contributed by atoms with Crippen molar-refractivity contribution < 1.29 is 19.0 Å². The molecule has 1 N–H and O–H groups in total. The van der Waals surface area contributed by atoms with Crippen molar-refractivity contribution in [3.8, 4) is 27.8 Å². The van der Waals surface area contributed by atoms with E-state index in [4.69, 9.17) is 14.2 Å². The van der Waals surface area contributed by atoms with Gasteiger partial charge in [0.2, 0.25) is 5.75 Å². The quantitative estimate of drug-likeness (QED) is 0.471. The summed E-state index contributed by atoms with van der Waals surface area (Å²) in [6.07, 6.45) is 1.51. The average molecular weight is 411 g/mol. The van der Waals surface area contributed by atoms with Crippen LogP contribution in [0.4, 0.5) is 0 Å². The number of hydrogen-bond acceptors (Lipinski definition) is 7. The van der Waals surface area contributed by atoms with Crippen molar-refractivity contribution in [1.29, 1.82) is 0 Å². The first-order chi connectivity index (χ1) is 14.1. The highest BCUT2D eigenvalue weighted by molar-refractivity contribution is 7.17. The molecule has 0 atom stereocenters. The van der Waals surface area contributed by atoms with E-state index in [0.717, 1.165) is 10.6 Å². The van der Waals surface area contributed by atoms with Crippen LogP contribution in [0.15, 0.2) is 47.6 Å². The summed E-state index contributed by atoms with van der Waals surface area (Å²) in [6.45, 7) is 1.81. The lowest BCUT2D eigenvalue weighted by Crippen LogP contribution is -2.17. The number of nitrogens with zero attached hydrogens (tertiary/aromatic N) is 2. The highest BCUT2D eigenvalue weighted by Crippen LogP contribution is 2.37. The number of hydrazone groups is 1. The van der Waals surface area contributed by atoms with Gasteiger partial charge in [-0.25, -0.2) is 10.4 Å². The Morgan fingerprint density at radius 2 is 1.72 bits per heavy atom. The largest absolute Gasteiger partial charge is 0.493 e. The topological polar surface area (TPSA) is 82.0 Å². The molecule has 0 fully saturated rings. The first-order valence-electron chi connectivity index (χ1n) is 8.73. The van der Waals surface area contributed by atoms with Gasteiger partial charge in [0.15, 0.2) is 11.5 Å². The summed E-state index contributed by atoms with van der Waals surface area (Å²) in [5, 5.41) is 4.84. The molecule has 3 rings (SSSR count). The van der Waals surface area contributed by atoms with Gasteiger partial charge in [-0.1, -0.05) is 30.3 Å². The van der Waals surface area contributed by atoms with Crippen LogP contribution in [0.25, 0.3) is 10.6 Å². The summed E-state index contributed by atoms with van der Waals surface area (Å²) in [4.78, 5) is 17.5. The highest BCUT2D eigenvalue weighted by Gasteiger charge is 2.16. The summed E-state index contributed by atoms with van der Waals surface area (Å²) in [5.74, 6) is 1.19. The molecule has 7 nitrogen and oxygen atoms in total. The van der Waals surface area contributed by atoms with Crippen LogP contribution in [-0.4, -0.2) is 38.4 Å². The van der Waals surface area contributed by atoms with Crippen LogP contribution >= 0.6 is 11.3 Å². The van der Waals surface area contributed by atoms with Gasteiger partial charge in [0.1, 0.15) is 9.88 Å². The lowest BCUT2D eigenvalue weighted by Gasteiger charge is -2.12. The molecule has 0 saturated carbocycles. The van der Waals surface area contributed by atoms with Crippen LogP contribution < -0.4 is 19.6 Å². The Labute approximate surface area is 173 Å². The molecule has 1 amide bonds. The number of thiazole rings is 1. The van der Waals surface area contributed by atoms with E-state index in [1.165, 1.54) is 38.9 Å². The Kier molecular flexibility index (Phi) is 6.46. The number of ether oxygens (including phenoxy) is 3. The molecule has 1 heterocycles. The SMILES string of the molecule is COc1cc(/C=N/NC(=O)c2sc(-c3ccccc3)nc2C)cc(OC)c1OC. The number of rotatable bonds is 7. The van der Waals surface area contributed by atoms with Crippen molar-refractivity contribution in [3.05, 3.63) is 58.6 Å². The van der Waals surface area contributed by atoms with Gasteiger partial charge in [-0.15, -0.1) is 11.3 Å². The number of hydrogen-bond donors (Lipinski definition) is 1. The lowest BCUT2D eigenvalue weighted by atomic mass is 10.2. The van der Waals surface area contributed by atoms with Gasteiger partial charge in [0.05, 0.1) is 33.2 Å². The van der Waals surface area contributed by atoms with E-state index < -0.39 is 0 Å². The Bertz CT molecular complexity index is 1010. The van der Waals surface area contributed by atoms with Crippen LogP contribution in [0.5, 0.6) is 17.2 Å². The molecular weight excluding hydrogens is 390 g/mol. The van der Waals surface area contributed by atoms with Crippen molar-refractivity contribution >= 4 is 23.5 Å². The molecule has 0 aliphatic rings. The van der Waals surface area contributed by atoms with Crippen LogP contribution in [0.1, 0.15) is 20.9 Å². The standard InChI is InChI=1S/C21H21N3O4S/c1-13-19(29-21(23-13)15-8-6-5-7-9-15)20(25)24-22-12-14-10-16(26-2)18(28-4)17(11-14)27-3/h5-12H,1-4H3,(H,24,25)/b22-12+. The van der Waals surface area contributed by atoms with Crippen molar-refractivity contribution in [3.63, 3.8) is 0 Å². The molecule has 0 bridgehead atoms. The zero-order valence-corrected chi connectivity index (χ0v) is 17.4. The summed E-state index contributed by atoms with van der Waals surface area (Å²) in [5.41, 5.74) is 4.86. The van der Waals surface area contributed by atoms with Crippen LogP contribution in [0.3, 0.4) is 0 Å². The number of benzene rings is 2. The van der Waals surface area contributed by atoms with Crippen LogP contribution in [0, 0.1) is 6.92 Å². The summed E-state index contributed by atoms with van der Waals surface area (Å²) >= 11 is 1.33. The van der Waals surface area contributed by atoms with E-state index in [2.05, 4.69) is 15.5 Å². The number of methoxy groups -OCH3 is 3. The fourth-order valence-electron chi connectivity index (χ4n) is 2.70. The third kappa shape index (κ3) is 4.55. The number of carbonyl (C=O) groups is 1. The Hall–Kier alpha value is -3.39. The van der Waals surface area contributed by atoms with Gasteiger partial charge in [-0.2, -0.15) is 5.10 Å². The molecule has 1 aromatic heterocycles. The van der Waals surface area contributed by atoms with Gasteiger partial charge in [0, 0.05) is 11.1 Å². The number of carbonyl (C=O) groups excluding carboxylic acids is 1. The summed E-state index contributed by atoms with van der Waals surface area (Å²) in [6, 6.07) is 13.2. The summed E-state index contributed by atoms with van der Waals surface area (Å²) < 4.78 is 15.9. The molecule has 29 heavy (non-hydrogen) atoms. The molecule has 3 aromatic rings. The number of nitrogens with one attached hydrogen (secondary N) is 1. The van der Waals surface area contributed by atoms with E-state index >= 15 is 0 Å². The number of aromatic nitrogens is 1. The maximum Gasteiger partial charge on any atom is 0.283 e. The summed E-state index contributed by atoms with van der Waals surface area (Å²) in [7, 11) is 4.61. The maximum absolute atomic E-state index is 12.5. The first kappa shape index (κ1) is 20.3. The van der Waals surface area contributed by atoms with Crippen molar-refractivity contribution in [2.45, 2.75) is 6.92 Å². The van der Waals surface area contributed by atoms with Crippen LogP contribution in [-0.2, 0) is 0 Å². The van der Waals surface area contributed by atoms with E-state index in [0.29, 0.717) is 33.4 Å².